The van der Waals surface area contributed by atoms with E-state index in [0.29, 0.717) is 17.7 Å². The summed E-state index contributed by atoms with van der Waals surface area (Å²) in [5, 5.41) is 0. The molecule has 0 amide bonds. The molecule has 2 rings (SSSR count). The maximum absolute atomic E-state index is 10.5. The highest BCUT2D eigenvalue weighted by atomic mass is 31.2. The number of nitrogens with zero attached hydrogens (tertiary/aromatic N) is 4. The van der Waals surface area contributed by atoms with Gasteiger partial charge in [-0.1, -0.05) is 0 Å². The fraction of sp³-hybridized carbons (Fsp3) is 0.375. The monoisotopic (exact) mass is 289 g/mol. The third-order valence-electron chi connectivity index (χ3n) is 2.15. The molecule has 0 spiro atoms. The van der Waals surface area contributed by atoms with E-state index in [0.717, 1.165) is 0 Å². The smallest absolute Gasteiger partial charge is 0.354 e. The molecule has 4 N–H and O–H groups in total. The van der Waals surface area contributed by atoms with E-state index in [1.165, 1.54) is 12.7 Å². The van der Waals surface area contributed by atoms with Crippen LogP contribution in [0.2, 0.25) is 0 Å². The highest BCUT2D eigenvalue weighted by Gasteiger charge is 2.13. The van der Waals surface area contributed by atoms with Crippen LogP contribution in [0.5, 0.6) is 0 Å². The van der Waals surface area contributed by atoms with Crippen LogP contribution in [0, 0.1) is 0 Å². The van der Waals surface area contributed by atoms with Gasteiger partial charge in [-0.25, -0.2) is 24.7 Å². The van der Waals surface area contributed by atoms with Crippen LogP contribution < -0.4 is 5.73 Å². The average molecular weight is 289 g/mol. The zero-order valence-corrected chi connectivity index (χ0v) is 10.6. The van der Waals surface area contributed by atoms with E-state index < -0.39 is 13.9 Å². The van der Waals surface area contributed by atoms with Gasteiger partial charge in [-0.2, -0.15) is 0 Å². The summed E-state index contributed by atoms with van der Waals surface area (Å²) in [7, 11) is -4.22. The quantitative estimate of drug-likeness (QED) is 0.277. The van der Waals surface area contributed by atoms with E-state index in [-0.39, 0.29) is 12.4 Å². The normalized spacial score (nSPS) is 12.1. The van der Waals surface area contributed by atoms with Crippen LogP contribution in [0.1, 0.15) is 0 Å². The Hall–Kier alpha value is -1.58. The first-order valence-corrected chi connectivity index (χ1v) is 6.97. The Morgan fingerprint density at radius 2 is 2.11 bits per heavy atom. The van der Waals surface area contributed by atoms with Gasteiger partial charge in [0.05, 0.1) is 12.9 Å². The van der Waals surface area contributed by atoms with Crippen molar-refractivity contribution >= 4 is 24.6 Å². The summed E-state index contributed by atoms with van der Waals surface area (Å²) in [5.41, 5.74) is 6.66. The van der Waals surface area contributed by atoms with Gasteiger partial charge < -0.3 is 20.1 Å². The molecule has 0 bridgehead atoms. The van der Waals surface area contributed by atoms with Gasteiger partial charge in [0, 0.05) is 0 Å². The molecule has 0 aliphatic heterocycles. The van der Waals surface area contributed by atoms with Crippen molar-refractivity contribution in [2.75, 3.05) is 18.7 Å². The second kappa shape index (κ2) is 5.59. The zero-order valence-electron chi connectivity index (χ0n) is 9.71. The number of anilines is 1. The molecule has 11 heteroatoms. The topological polar surface area (TPSA) is 146 Å². The summed E-state index contributed by atoms with van der Waals surface area (Å²) in [6, 6.07) is 0. The van der Waals surface area contributed by atoms with E-state index in [2.05, 4.69) is 24.7 Å². The number of aromatic nitrogens is 4. The number of hydrogen-bond donors (Lipinski definition) is 3. The molecule has 0 aliphatic carbocycles. The molecule has 0 saturated carbocycles. The summed E-state index contributed by atoms with van der Waals surface area (Å²) < 4.78 is 12.1. The van der Waals surface area contributed by atoms with Crippen molar-refractivity contribution < 1.29 is 24.1 Å². The van der Waals surface area contributed by atoms with Gasteiger partial charge in [-0.05, 0) is 0 Å². The first kappa shape index (κ1) is 13.8. The van der Waals surface area contributed by atoms with Crippen LogP contribution >= 0.6 is 7.60 Å². The summed E-state index contributed by atoms with van der Waals surface area (Å²) in [4.78, 5) is 38.0. The third-order valence-corrected chi connectivity index (χ3v) is 2.59. The molecule has 19 heavy (non-hydrogen) atoms. The molecular formula is C8H12N5O5P. The number of hydrogen-bond acceptors (Lipinski definition) is 7. The zero-order chi connectivity index (χ0) is 13.9. The summed E-state index contributed by atoms with van der Waals surface area (Å²) in [6.07, 6.45) is 2.05. The van der Waals surface area contributed by atoms with Gasteiger partial charge in [-0.15, -0.1) is 0 Å². The van der Waals surface area contributed by atoms with Gasteiger partial charge in [0.15, 0.2) is 17.8 Å². The Labute approximate surface area is 107 Å². The molecule has 2 aromatic rings. The van der Waals surface area contributed by atoms with E-state index in [4.69, 9.17) is 15.5 Å². The Kier molecular flexibility index (Phi) is 4.08. The lowest BCUT2D eigenvalue weighted by Crippen LogP contribution is -2.07. The summed E-state index contributed by atoms with van der Waals surface area (Å²) >= 11 is 0. The highest BCUT2D eigenvalue weighted by molar-refractivity contribution is 7.51. The molecule has 0 unspecified atom stereocenters. The molecule has 104 valence electrons. The fourth-order valence-corrected chi connectivity index (χ4v) is 1.57. The Morgan fingerprint density at radius 3 is 2.84 bits per heavy atom. The number of rotatable bonds is 6. The SMILES string of the molecule is Nc1ncnc2c1ncn2CCOOCP(=O)(O)O. The molecule has 10 nitrogen and oxygen atoms in total. The predicted octanol–water partition coefficient (Wildman–Crippen LogP) is -0.508. The van der Waals surface area contributed by atoms with Crippen molar-refractivity contribution in [2.24, 2.45) is 0 Å². The molecule has 0 aliphatic rings. The molecular weight excluding hydrogens is 277 g/mol. The van der Waals surface area contributed by atoms with Crippen LogP contribution in [-0.4, -0.2) is 42.3 Å². The molecule has 0 radical (unpaired) electrons. The van der Waals surface area contributed by atoms with Gasteiger partial charge in [-0.3, -0.25) is 4.57 Å². The van der Waals surface area contributed by atoms with Crippen molar-refractivity contribution in [1.29, 1.82) is 0 Å². The van der Waals surface area contributed by atoms with E-state index in [1.54, 1.807) is 4.57 Å². The van der Waals surface area contributed by atoms with E-state index in [9.17, 15) is 4.57 Å². The lowest BCUT2D eigenvalue weighted by molar-refractivity contribution is -0.283. The summed E-state index contributed by atoms with van der Waals surface area (Å²) in [5.74, 6) is 0.280. The Morgan fingerprint density at radius 1 is 1.32 bits per heavy atom. The van der Waals surface area contributed by atoms with Gasteiger partial charge in [0.1, 0.15) is 18.5 Å². The number of imidazole rings is 1. The maximum atomic E-state index is 10.5. The molecule has 0 atom stereocenters. The van der Waals surface area contributed by atoms with Gasteiger partial charge in [0.25, 0.3) is 0 Å². The molecule has 2 aromatic heterocycles. The minimum Gasteiger partial charge on any atom is -0.382 e. The number of fused-ring (bicyclic) bond motifs is 1. The fourth-order valence-electron chi connectivity index (χ4n) is 1.36. The molecule has 0 saturated heterocycles. The lowest BCUT2D eigenvalue weighted by atomic mass is 10.5. The number of nitrogens with two attached hydrogens (primary N) is 1. The van der Waals surface area contributed by atoms with Crippen molar-refractivity contribution in [3.8, 4) is 0 Å². The van der Waals surface area contributed by atoms with E-state index in [1.807, 2.05) is 0 Å². The van der Waals surface area contributed by atoms with Crippen molar-refractivity contribution in [1.82, 2.24) is 19.5 Å². The van der Waals surface area contributed by atoms with Crippen molar-refractivity contribution in [3.05, 3.63) is 12.7 Å². The van der Waals surface area contributed by atoms with Crippen LogP contribution in [0.4, 0.5) is 5.82 Å². The van der Waals surface area contributed by atoms with Gasteiger partial charge >= 0.3 is 7.60 Å². The first-order chi connectivity index (χ1) is 8.97. The summed E-state index contributed by atoms with van der Waals surface area (Å²) in [6.45, 7) is 0.420. The number of nitrogen functional groups attached to an aromatic ring is 1. The molecule has 0 fully saturated rings. The van der Waals surface area contributed by atoms with Gasteiger partial charge in [0.2, 0.25) is 0 Å². The van der Waals surface area contributed by atoms with Crippen LogP contribution in [-0.2, 0) is 20.9 Å². The average Bonchev–Trinajstić information content (AvgIpc) is 2.72. The largest absolute Gasteiger partial charge is 0.382 e. The van der Waals surface area contributed by atoms with Crippen LogP contribution in [0.25, 0.3) is 11.2 Å². The maximum Gasteiger partial charge on any atom is 0.354 e. The first-order valence-electron chi connectivity index (χ1n) is 5.17. The van der Waals surface area contributed by atoms with Crippen molar-refractivity contribution in [2.45, 2.75) is 6.54 Å². The molecule has 2 heterocycles. The third kappa shape index (κ3) is 3.69. The highest BCUT2D eigenvalue weighted by Crippen LogP contribution is 2.33. The Bertz CT molecular complexity index is 611. The van der Waals surface area contributed by atoms with E-state index >= 15 is 0 Å². The van der Waals surface area contributed by atoms with Crippen LogP contribution in [0.3, 0.4) is 0 Å². The minimum absolute atomic E-state index is 0.0787. The second-order valence-electron chi connectivity index (χ2n) is 3.60. The second-order valence-corrected chi connectivity index (χ2v) is 5.19. The van der Waals surface area contributed by atoms with Crippen molar-refractivity contribution in [3.63, 3.8) is 0 Å². The Balaban J connectivity index is 1.89. The molecule has 0 aromatic carbocycles. The van der Waals surface area contributed by atoms with Crippen LogP contribution in [0.15, 0.2) is 12.7 Å². The predicted molar refractivity (Wildman–Crippen MR) is 63.7 cm³/mol. The minimum atomic E-state index is -4.22. The standard InChI is InChI=1S/C8H12N5O5P/c9-7-6-8(11-3-10-7)13(4-12-6)1-2-17-18-5-19(14,15)16/h3-4H,1-2,5H2,(H2,9,10,11)(H2,14,15,16). The lowest BCUT2D eigenvalue weighted by Gasteiger charge is -2.06.